The molecule has 0 aromatic rings. The number of rotatable bonds is 5. The van der Waals surface area contributed by atoms with Gasteiger partial charge in [-0.25, -0.2) is 9.59 Å². The van der Waals surface area contributed by atoms with E-state index in [1.165, 1.54) is 13.8 Å². The van der Waals surface area contributed by atoms with E-state index in [1.54, 1.807) is 0 Å². The van der Waals surface area contributed by atoms with Crippen molar-refractivity contribution < 1.29 is 29.3 Å². The number of hydrogen-bond acceptors (Lipinski definition) is 6. The van der Waals surface area contributed by atoms with Crippen LogP contribution in [-0.2, 0) is 14.3 Å². The zero-order chi connectivity index (χ0) is 12.9. The summed E-state index contributed by atoms with van der Waals surface area (Å²) < 4.78 is 9.13. The minimum absolute atomic E-state index is 0.136. The summed E-state index contributed by atoms with van der Waals surface area (Å²) in [5.74, 6) is -0.730. The molecule has 2 atom stereocenters. The monoisotopic (exact) mass is 233 g/mol. The van der Waals surface area contributed by atoms with Crippen molar-refractivity contribution in [1.82, 2.24) is 0 Å². The summed E-state index contributed by atoms with van der Waals surface area (Å²) in [6.45, 7) is 6.09. The topological polar surface area (TPSA) is 119 Å². The molecule has 92 valence electrons. The van der Waals surface area contributed by atoms with Crippen molar-refractivity contribution in [3.8, 4) is 0 Å². The standard InChI is InChI=1S/C9H15NO6/c1-4(2)8(13)15-5(3)6(7(11)12)16-9(10)14/h5-7,11-12H,1H2,2-3H3,(H2,10,14). The molecule has 0 saturated carbocycles. The van der Waals surface area contributed by atoms with Crippen LogP contribution in [0.3, 0.4) is 0 Å². The Kier molecular flexibility index (Phi) is 5.48. The van der Waals surface area contributed by atoms with Gasteiger partial charge in [-0.3, -0.25) is 0 Å². The minimum Gasteiger partial charge on any atom is -0.455 e. The van der Waals surface area contributed by atoms with Gasteiger partial charge in [0.2, 0.25) is 0 Å². The van der Waals surface area contributed by atoms with E-state index in [-0.39, 0.29) is 5.57 Å². The zero-order valence-corrected chi connectivity index (χ0v) is 9.04. The second-order valence-electron chi connectivity index (χ2n) is 3.21. The molecule has 0 aliphatic heterocycles. The second-order valence-corrected chi connectivity index (χ2v) is 3.21. The quantitative estimate of drug-likeness (QED) is 0.327. The lowest BCUT2D eigenvalue weighted by Gasteiger charge is -2.24. The molecule has 0 saturated heterocycles. The highest BCUT2D eigenvalue weighted by Gasteiger charge is 2.30. The Bertz CT molecular complexity index is 288. The van der Waals surface area contributed by atoms with Crippen LogP contribution in [0.15, 0.2) is 12.2 Å². The van der Waals surface area contributed by atoms with E-state index in [1.807, 2.05) is 0 Å². The predicted molar refractivity (Wildman–Crippen MR) is 53.1 cm³/mol. The first-order valence-electron chi connectivity index (χ1n) is 4.44. The van der Waals surface area contributed by atoms with Gasteiger partial charge in [-0.05, 0) is 13.8 Å². The SMILES string of the molecule is C=C(C)C(=O)OC(C)C(OC(N)=O)C(O)O. The molecule has 0 bridgehead atoms. The lowest BCUT2D eigenvalue weighted by atomic mass is 10.2. The number of carbonyl (C=O) groups excluding carboxylic acids is 2. The molecule has 7 heteroatoms. The van der Waals surface area contributed by atoms with Gasteiger partial charge in [0.15, 0.2) is 12.4 Å². The van der Waals surface area contributed by atoms with Crippen molar-refractivity contribution in [2.45, 2.75) is 32.3 Å². The largest absolute Gasteiger partial charge is 0.455 e. The van der Waals surface area contributed by atoms with Crippen molar-refractivity contribution in [2.24, 2.45) is 5.73 Å². The van der Waals surface area contributed by atoms with Gasteiger partial charge < -0.3 is 25.4 Å². The summed E-state index contributed by atoms with van der Waals surface area (Å²) in [6, 6.07) is 0. The van der Waals surface area contributed by atoms with E-state index in [4.69, 9.17) is 20.7 Å². The zero-order valence-electron chi connectivity index (χ0n) is 9.04. The highest BCUT2D eigenvalue weighted by atomic mass is 16.6. The van der Waals surface area contributed by atoms with E-state index in [2.05, 4.69) is 11.3 Å². The molecule has 0 fully saturated rings. The number of amides is 1. The fraction of sp³-hybridized carbons (Fsp3) is 0.556. The molecule has 4 N–H and O–H groups in total. The highest BCUT2D eigenvalue weighted by Crippen LogP contribution is 2.09. The van der Waals surface area contributed by atoms with Crippen LogP contribution < -0.4 is 5.73 Å². The van der Waals surface area contributed by atoms with Gasteiger partial charge in [0, 0.05) is 5.57 Å². The minimum atomic E-state index is -2.00. The van der Waals surface area contributed by atoms with Crippen LogP contribution in [-0.4, -0.2) is 40.8 Å². The van der Waals surface area contributed by atoms with Crippen LogP contribution >= 0.6 is 0 Å². The molecule has 2 unspecified atom stereocenters. The maximum absolute atomic E-state index is 11.1. The molecule has 0 aromatic heterocycles. The smallest absolute Gasteiger partial charge is 0.405 e. The van der Waals surface area contributed by atoms with E-state index in [0.29, 0.717) is 0 Å². The lowest BCUT2D eigenvalue weighted by molar-refractivity contribution is -0.175. The molecule has 1 amide bonds. The van der Waals surface area contributed by atoms with Crippen molar-refractivity contribution in [2.75, 3.05) is 0 Å². The van der Waals surface area contributed by atoms with Crippen LogP contribution in [0.1, 0.15) is 13.8 Å². The van der Waals surface area contributed by atoms with Crippen molar-refractivity contribution in [3.05, 3.63) is 12.2 Å². The third-order valence-electron chi connectivity index (χ3n) is 1.65. The van der Waals surface area contributed by atoms with E-state index >= 15 is 0 Å². The first-order chi connectivity index (χ1) is 7.25. The van der Waals surface area contributed by atoms with E-state index in [0.717, 1.165) is 0 Å². The molecule has 0 heterocycles. The van der Waals surface area contributed by atoms with Gasteiger partial charge in [0.25, 0.3) is 0 Å². The Labute approximate surface area is 92.4 Å². The maximum atomic E-state index is 11.1. The fourth-order valence-corrected chi connectivity index (χ4v) is 0.870. The van der Waals surface area contributed by atoms with Crippen LogP contribution in [0.25, 0.3) is 0 Å². The van der Waals surface area contributed by atoms with Crippen molar-refractivity contribution >= 4 is 12.1 Å². The number of carbonyl (C=O) groups is 2. The Morgan fingerprint density at radius 3 is 2.12 bits per heavy atom. The van der Waals surface area contributed by atoms with E-state index in [9.17, 15) is 9.59 Å². The number of esters is 1. The van der Waals surface area contributed by atoms with Crippen molar-refractivity contribution in [1.29, 1.82) is 0 Å². The Morgan fingerprint density at radius 2 is 1.81 bits per heavy atom. The molecular formula is C9H15NO6. The fourth-order valence-electron chi connectivity index (χ4n) is 0.870. The van der Waals surface area contributed by atoms with Crippen LogP contribution in [0.2, 0.25) is 0 Å². The van der Waals surface area contributed by atoms with E-state index < -0.39 is 30.6 Å². The Balaban J connectivity index is 4.50. The molecule has 0 rings (SSSR count). The first-order valence-corrected chi connectivity index (χ1v) is 4.44. The average Bonchev–Trinajstić information content (AvgIpc) is 2.12. The molecule has 16 heavy (non-hydrogen) atoms. The number of primary amides is 1. The molecule has 0 aliphatic rings. The molecule has 0 radical (unpaired) electrons. The molecule has 0 aromatic carbocycles. The average molecular weight is 233 g/mol. The Hall–Kier alpha value is -1.60. The number of nitrogens with two attached hydrogens (primary N) is 1. The van der Waals surface area contributed by atoms with Gasteiger partial charge >= 0.3 is 12.1 Å². The van der Waals surface area contributed by atoms with Gasteiger partial charge in [0.05, 0.1) is 0 Å². The number of hydrogen-bond donors (Lipinski definition) is 3. The lowest BCUT2D eigenvalue weighted by Crippen LogP contribution is -2.43. The van der Waals surface area contributed by atoms with Gasteiger partial charge in [-0.1, -0.05) is 6.58 Å². The van der Waals surface area contributed by atoms with Crippen LogP contribution in [0.4, 0.5) is 4.79 Å². The van der Waals surface area contributed by atoms with Gasteiger partial charge in [-0.15, -0.1) is 0 Å². The highest BCUT2D eigenvalue weighted by molar-refractivity contribution is 5.87. The number of ether oxygens (including phenoxy) is 2. The Morgan fingerprint density at radius 1 is 1.31 bits per heavy atom. The molecular weight excluding hydrogens is 218 g/mol. The summed E-state index contributed by atoms with van der Waals surface area (Å²) in [4.78, 5) is 21.6. The summed E-state index contributed by atoms with van der Waals surface area (Å²) in [7, 11) is 0. The van der Waals surface area contributed by atoms with Crippen LogP contribution in [0, 0.1) is 0 Å². The molecule has 0 aliphatic carbocycles. The third kappa shape index (κ3) is 4.76. The molecule has 7 nitrogen and oxygen atoms in total. The number of aliphatic hydroxyl groups excluding tert-OH is 1. The first kappa shape index (κ1) is 14.4. The third-order valence-corrected chi connectivity index (χ3v) is 1.65. The number of aliphatic hydroxyl groups is 2. The van der Waals surface area contributed by atoms with Gasteiger partial charge in [-0.2, -0.15) is 0 Å². The maximum Gasteiger partial charge on any atom is 0.405 e. The summed E-state index contributed by atoms with van der Waals surface area (Å²) in [5.41, 5.74) is 4.85. The molecule has 0 spiro atoms. The van der Waals surface area contributed by atoms with Crippen molar-refractivity contribution in [3.63, 3.8) is 0 Å². The van der Waals surface area contributed by atoms with Crippen LogP contribution in [0.5, 0.6) is 0 Å². The van der Waals surface area contributed by atoms with Gasteiger partial charge in [0.1, 0.15) is 6.10 Å². The predicted octanol–water partition coefficient (Wildman–Crippen LogP) is -0.731. The summed E-state index contributed by atoms with van der Waals surface area (Å²) in [5, 5.41) is 17.8. The summed E-state index contributed by atoms with van der Waals surface area (Å²) >= 11 is 0. The normalized spacial score (nSPS) is 14.1. The second kappa shape index (κ2) is 6.09. The summed E-state index contributed by atoms with van der Waals surface area (Å²) in [6.07, 6.45) is -5.70.